The fourth-order valence-corrected chi connectivity index (χ4v) is 4.27. The van der Waals surface area contributed by atoms with Gasteiger partial charge in [0, 0.05) is 28.6 Å². The molecule has 4 rings (SSSR count). The van der Waals surface area contributed by atoms with Gasteiger partial charge < -0.3 is 10.1 Å². The highest BCUT2D eigenvalue weighted by Gasteiger charge is 2.09. The number of carbonyl (C=O) groups excluding carboxylic acids is 1. The van der Waals surface area contributed by atoms with Gasteiger partial charge >= 0.3 is 0 Å². The van der Waals surface area contributed by atoms with E-state index in [-0.39, 0.29) is 5.91 Å². The fraction of sp³-hybridized carbons (Fsp3) is 0.185. The van der Waals surface area contributed by atoms with Gasteiger partial charge in [-0.05, 0) is 50.1 Å². The number of benzene rings is 3. The van der Waals surface area contributed by atoms with Crippen LogP contribution in [0.4, 0.5) is 5.69 Å². The van der Waals surface area contributed by atoms with Crippen LogP contribution in [0.15, 0.2) is 78.2 Å². The Bertz CT molecular complexity index is 1180. The van der Waals surface area contributed by atoms with E-state index in [1.165, 1.54) is 16.7 Å². The van der Waals surface area contributed by atoms with Crippen molar-refractivity contribution in [2.45, 2.75) is 26.7 Å². The number of aryl methyl sites for hydroxylation is 2. The van der Waals surface area contributed by atoms with Crippen LogP contribution in [0.3, 0.4) is 0 Å². The van der Waals surface area contributed by atoms with E-state index in [9.17, 15) is 4.79 Å². The monoisotopic (exact) mass is 442 g/mol. The molecule has 1 heterocycles. The molecule has 1 N–H and O–H groups in total. The maximum atomic E-state index is 12.2. The summed E-state index contributed by atoms with van der Waals surface area (Å²) < 4.78 is 5.68. The van der Waals surface area contributed by atoms with Crippen LogP contribution in [-0.2, 0) is 4.79 Å². The molecular weight excluding hydrogens is 416 g/mol. The van der Waals surface area contributed by atoms with Gasteiger partial charge in [-0.15, -0.1) is 11.3 Å². The maximum absolute atomic E-state index is 12.2. The highest BCUT2D eigenvalue weighted by atomic mass is 32.1. The molecule has 0 aliphatic heterocycles. The molecule has 0 aliphatic carbocycles. The smallest absolute Gasteiger partial charge is 0.224 e. The summed E-state index contributed by atoms with van der Waals surface area (Å²) in [6.45, 7) is 4.66. The molecule has 32 heavy (non-hydrogen) atoms. The number of carbonyl (C=O) groups is 1. The number of rotatable bonds is 8. The Morgan fingerprint density at radius 3 is 2.47 bits per heavy atom. The van der Waals surface area contributed by atoms with Crippen molar-refractivity contribution in [3.63, 3.8) is 0 Å². The predicted octanol–water partition coefficient (Wildman–Crippen LogP) is 6.89. The highest BCUT2D eigenvalue weighted by molar-refractivity contribution is 7.13. The van der Waals surface area contributed by atoms with Gasteiger partial charge in [0.1, 0.15) is 10.8 Å². The third-order valence-electron chi connectivity index (χ3n) is 5.18. The van der Waals surface area contributed by atoms with Crippen molar-refractivity contribution in [1.29, 1.82) is 0 Å². The largest absolute Gasteiger partial charge is 0.494 e. The summed E-state index contributed by atoms with van der Waals surface area (Å²) in [6.07, 6.45) is 1.08. The van der Waals surface area contributed by atoms with E-state index in [0.29, 0.717) is 19.4 Å². The van der Waals surface area contributed by atoms with Gasteiger partial charge in [-0.2, -0.15) is 0 Å². The second kappa shape index (κ2) is 10.2. The van der Waals surface area contributed by atoms with Gasteiger partial charge in [0.25, 0.3) is 0 Å². The molecule has 1 amide bonds. The minimum atomic E-state index is -0.0132. The number of aromatic nitrogens is 1. The lowest BCUT2D eigenvalue weighted by Gasteiger charge is -2.08. The van der Waals surface area contributed by atoms with E-state index >= 15 is 0 Å². The molecule has 3 aromatic carbocycles. The summed E-state index contributed by atoms with van der Waals surface area (Å²) in [4.78, 5) is 17.0. The van der Waals surface area contributed by atoms with E-state index in [1.807, 2.05) is 67.6 Å². The van der Waals surface area contributed by atoms with Crippen molar-refractivity contribution in [1.82, 2.24) is 4.98 Å². The van der Waals surface area contributed by atoms with Crippen molar-refractivity contribution in [2.75, 3.05) is 11.9 Å². The first-order chi connectivity index (χ1) is 15.6. The highest BCUT2D eigenvalue weighted by Crippen LogP contribution is 2.31. The first-order valence-corrected chi connectivity index (χ1v) is 11.6. The van der Waals surface area contributed by atoms with Crippen molar-refractivity contribution in [2.24, 2.45) is 0 Å². The number of amides is 1. The Balaban J connectivity index is 1.28. The number of anilines is 1. The number of thiazole rings is 1. The van der Waals surface area contributed by atoms with Crippen molar-refractivity contribution < 1.29 is 9.53 Å². The molecule has 4 aromatic rings. The topological polar surface area (TPSA) is 51.2 Å². The number of hydrogen-bond acceptors (Lipinski definition) is 4. The van der Waals surface area contributed by atoms with Crippen LogP contribution in [0, 0.1) is 13.8 Å². The Morgan fingerprint density at radius 1 is 0.969 bits per heavy atom. The minimum absolute atomic E-state index is 0.0132. The van der Waals surface area contributed by atoms with Gasteiger partial charge in [-0.25, -0.2) is 4.98 Å². The van der Waals surface area contributed by atoms with Crippen LogP contribution in [0.25, 0.3) is 21.8 Å². The summed E-state index contributed by atoms with van der Waals surface area (Å²) >= 11 is 1.64. The zero-order chi connectivity index (χ0) is 22.3. The lowest BCUT2D eigenvalue weighted by atomic mass is 10.1. The summed E-state index contributed by atoms with van der Waals surface area (Å²) in [5, 5.41) is 6.04. The predicted molar refractivity (Wildman–Crippen MR) is 132 cm³/mol. The molecule has 162 valence electrons. The molecule has 0 atom stereocenters. The Kier molecular flexibility index (Phi) is 6.97. The second-order valence-corrected chi connectivity index (χ2v) is 8.60. The van der Waals surface area contributed by atoms with E-state index in [1.54, 1.807) is 11.3 Å². The van der Waals surface area contributed by atoms with E-state index < -0.39 is 0 Å². The first kappa shape index (κ1) is 21.8. The van der Waals surface area contributed by atoms with Gasteiger partial charge in [-0.3, -0.25) is 4.79 Å². The lowest BCUT2D eigenvalue weighted by Crippen LogP contribution is -2.12. The van der Waals surface area contributed by atoms with Crippen LogP contribution in [0.1, 0.15) is 24.0 Å². The molecule has 0 unspecified atom stereocenters. The summed E-state index contributed by atoms with van der Waals surface area (Å²) in [7, 11) is 0. The van der Waals surface area contributed by atoms with Gasteiger partial charge in [0.15, 0.2) is 0 Å². The van der Waals surface area contributed by atoms with E-state index in [4.69, 9.17) is 9.72 Å². The third kappa shape index (κ3) is 5.62. The Labute approximate surface area is 192 Å². The van der Waals surface area contributed by atoms with Crippen LogP contribution in [0.5, 0.6) is 5.75 Å². The molecule has 1 aromatic heterocycles. The van der Waals surface area contributed by atoms with Crippen LogP contribution >= 0.6 is 11.3 Å². The summed E-state index contributed by atoms with van der Waals surface area (Å²) in [5.41, 5.74) is 6.34. The third-order valence-corrected chi connectivity index (χ3v) is 6.06. The zero-order valence-electron chi connectivity index (χ0n) is 18.3. The van der Waals surface area contributed by atoms with Crippen LogP contribution < -0.4 is 10.1 Å². The van der Waals surface area contributed by atoms with Gasteiger partial charge in [0.05, 0.1) is 12.3 Å². The molecular formula is C27H26N2O2S. The molecule has 4 nitrogen and oxygen atoms in total. The van der Waals surface area contributed by atoms with E-state index in [0.717, 1.165) is 27.7 Å². The number of nitrogens with one attached hydrogen (secondary N) is 1. The molecule has 0 saturated carbocycles. The first-order valence-electron chi connectivity index (χ1n) is 10.7. The van der Waals surface area contributed by atoms with E-state index in [2.05, 4.69) is 29.8 Å². The fourth-order valence-electron chi connectivity index (χ4n) is 3.35. The number of ether oxygens (including phenoxy) is 1. The number of nitrogens with zero attached hydrogens (tertiary/aromatic N) is 1. The Morgan fingerprint density at radius 2 is 1.72 bits per heavy atom. The van der Waals surface area contributed by atoms with Crippen molar-refractivity contribution in [3.8, 4) is 27.6 Å². The second-order valence-electron chi connectivity index (χ2n) is 7.74. The summed E-state index contributed by atoms with van der Waals surface area (Å²) in [5.74, 6) is 0.819. The standard InChI is InChI=1S/C27H26N2O2S/c1-19-9-15-23(16-10-19)31-17-5-8-26(30)28-22-13-11-21(12-14-22)25-18-32-27(29-25)24-7-4-3-6-20(24)2/h3-4,6-7,9-16,18H,5,8,17H2,1-2H3,(H,28,30). The maximum Gasteiger partial charge on any atom is 0.224 e. The molecule has 0 aliphatic rings. The van der Waals surface area contributed by atoms with Gasteiger partial charge in [-0.1, -0.05) is 54.1 Å². The molecule has 0 fully saturated rings. The zero-order valence-corrected chi connectivity index (χ0v) is 19.1. The molecule has 0 radical (unpaired) electrons. The summed E-state index contributed by atoms with van der Waals surface area (Å²) in [6, 6.07) is 24.0. The van der Waals surface area contributed by atoms with Crippen molar-refractivity contribution in [3.05, 3.63) is 89.3 Å². The number of hydrogen-bond donors (Lipinski definition) is 1. The van der Waals surface area contributed by atoms with Crippen molar-refractivity contribution >= 4 is 22.9 Å². The molecule has 0 saturated heterocycles. The van der Waals surface area contributed by atoms with Crippen LogP contribution in [0.2, 0.25) is 0 Å². The quantitative estimate of drug-likeness (QED) is 0.302. The van der Waals surface area contributed by atoms with Crippen LogP contribution in [-0.4, -0.2) is 17.5 Å². The lowest BCUT2D eigenvalue weighted by molar-refractivity contribution is -0.116. The SMILES string of the molecule is Cc1ccc(OCCCC(=O)Nc2ccc(-c3csc(-c4ccccc4C)n3)cc2)cc1. The normalized spacial score (nSPS) is 10.7. The molecule has 0 bridgehead atoms. The minimum Gasteiger partial charge on any atom is -0.494 e. The molecule has 0 spiro atoms. The average molecular weight is 443 g/mol. The molecule has 5 heteroatoms. The Hall–Kier alpha value is -3.44. The average Bonchev–Trinajstić information content (AvgIpc) is 3.29. The van der Waals surface area contributed by atoms with Gasteiger partial charge in [0.2, 0.25) is 5.91 Å².